The lowest BCUT2D eigenvalue weighted by atomic mass is 9.93. The second-order valence-electron chi connectivity index (χ2n) is 6.77. The smallest absolute Gasteiger partial charge is 0.191 e. The van der Waals surface area contributed by atoms with Gasteiger partial charge in [-0.15, -0.1) is 0 Å². The van der Waals surface area contributed by atoms with Gasteiger partial charge in [-0.3, -0.25) is 4.98 Å². The summed E-state index contributed by atoms with van der Waals surface area (Å²) in [6.45, 7) is 8.08. The Hall–Kier alpha value is -2.14. The van der Waals surface area contributed by atoms with Gasteiger partial charge in [0.25, 0.3) is 0 Å². The summed E-state index contributed by atoms with van der Waals surface area (Å²) in [5.74, 6) is 0.728. The molecule has 0 amide bonds. The number of guanidine groups is 1. The van der Waals surface area contributed by atoms with Crippen LogP contribution in [0.2, 0.25) is 0 Å². The van der Waals surface area contributed by atoms with E-state index in [1.807, 2.05) is 25.3 Å². The molecule has 0 aliphatic carbocycles. The first-order valence-corrected chi connectivity index (χ1v) is 9.69. The Labute approximate surface area is 157 Å². The first kappa shape index (κ1) is 20.2. The van der Waals surface area contributed by atoms with E-state index in [9.17, 15) is 5.11 Å². The number of aromatic nitrogens is 1. The molecule has 0 saturated carbocycles. The van der Waals surface area contributed by atoms with E-state index >= 15 is 0 Å². The molecule has 2 rings (SSSR count). The number of nitrogens with zero attached hydrogens (tertiary/aromatic N) is 2. The maximum atomic E-state index is 10.8. The molecule has 0 aliphatic rings. The normalized spacial score (nSPS) is 12.4. The Morgan fingerprint density at radius 3 is 2.50 bits per heavy atom. The van der Waals surface area contributed by atoms with Crippen LogP contribution in [0.3, 0.4) is 0 Å². The number of hydrogen-bond donors (Lipinski definition) is 3. The third-order valence-electron chi connectivity index (χ3n) is 4.48. The fourth-order valence-corrected chi connectivity index (χ4v) is 3.28. The van der Waals surface area contributed by atoms with Crippen molar-refractivity contribution in [3.63, 3.8) is 0 Å². The van der Waals surface area contributed by atoms with E-state index in [2.05, 4.69) is 47.7 Å². The second kappa shape index (κ2) is 10.1. The number of pyridine rings is 1. The zero-order valence-corrected chi connectivity index (χ0v) is 16.3. The molecule has 0 atom stereocenters. The molecule has 3 N–H and O–H groups in total. The molecule has 0 saturated heterocycles. The molecule has 2 aromatic rings. The number of nitrogens with one attached hydrogen (secondary N) is 2. The van der Waals surface area contributed by atoms with Crippen molar-refractivity contribution in [2.45, 2.75) is 58.6 Å². The summed E-state index contributed by atoms with van der Waals surface area (Å²) in [7, 11) is 0. The number of rotatable bonds is 9. The van der Waals surface area contributed by atoms with E-state index in [1.54, 1.807) is 0 Å². The number of para-hydroxylation sites is 1. The van der Waals surface area contributed by atoms with Crippen LogP contribution in [0.5, 0.6) is 0 Å². The van der Waals surface area contributed by atoms with Gasteiger partial charge < -0.3 is 15.7 Å². The molecule has 0 spiro atoms. The van der Waals surface area contributed by atoms with E-state index in [4.69, 9.17) is 4.99 Å². The molecule has 1 aromatic carbocycles. The van der Waals surface area contributed by atoms with Crippen molar-refractivity contribution in [1.29, 1.82) is 0 Å². The number of aliphatic imine (C=N–C) groups is 1. The van der Waals surface area contributed by atoms with Crippen LogP contribution in [0.15, 0.2) is 41.5 Å². The zero-order chi connectivity index (χ0) is 18.8. The Balaban J connectivity index is 2.10. The lowest BCUT2D eigenvalue weighted by Crippen LogP contribution is -2.47. The Bertz CT molecular complexity index is 703. The highest BCUT2D eigenvalue weighted by Crippen LogP contribution is 2.19. The van der Waals surface area contributed by atoms with Gasteiger partial charge in [0, 0.05) is 24.7 Å². The van der Waals surface area contributed by atoms with Gasteiger partial charge in [-0.1, -0.05) is 51.0 Å². The first-order valence-electron chi connectivity index (χ1n) is 9.69. The SMILES string of the molecule is CCCC(O)(CCC)CNC(=NCc1cccc2cccnc12)NCC. The minimum atomic E-state index is -0.680. The van der Waals surface area contributed by atoms with Crippen LogP contribution in [0.1, 0.15) is 52.0 Å². The van der Waals surface area contributed by atoms with E-state index in [0.717, 1.165) is 54.7 Å². The monoisotopic (exact) mass is 356 g/mol. The molecule has 26 heavy (non-hydrogen) atoms. The highest BCUT2D eigenvalue weighted by atomic mass is 16.3. The second-order valence-corrected chi connectivity index (χ2v) is 6.77. The van der Waals surface area contributed by atoms with Crippen LogP contribution in [0.25, 0.3) is 10.9 Å². The molecule has 0 radical (unpaired) electrons. The van der Waals surface area contributed by atoms with Gasteiger partial charge in [-0.05, 0) is 31.4 Å². The average Bonchev–Trinajstić information content (AvgIpc) is 2.64. The lowest BCUT2D eigenvalue weighted by Gasteiger charge is -2.28. The third kappa shape index (κ3) is 5.70. The van der Waals surface area contributed by atoms with Crippen LogP contribution in [-0.4, -0.2) is 34.7 Å². The Morgan fingerprint density at radius 1 is 1.08 bits per heavy atom. The summed E-state index contributed by atoms with van der Waals surface area (Å²) in [4.78, 5) is 9.19. The molecule has 1 heterocycles. The van der Waals surface area contributed by atoms with Crippen molar-refractivity contribution in [3.05, 3.63) is 42.1 Å². The minimum Gasteiger partial charge on any atom is -0.388 e. The first-order chi connectivity index (χ1) is 12.6. The molecule has 142 valence electrons. The summed E-state index contributed by atoms with van der Waals surface area (Å²) >= 11 is 0. The quantitative estimate of drug-likeness (QED) is 0.474. The van der Waals surface area contributed by atoms with Crippen molar-refractivity contribution in [1.82, 2.24) is 15.6 Å². The van der Waals surface area contributed by atoms with Crippen molar-refractivity contribution >= 4 is 16.9 Å². The van der Waals surface area contributed by atoms with Gasteiger partial charge in [0.15, 0.2) is 5.96 Å². The predicted molar refractivity (Wildman–Crippen MR) is 109 cm³/mol. The maximum absolute atomic E-state index is 10.8. The predicted octanol–water partition coefficient (Wildman–Crippen LogP) is 3.62. The van der Waals surface area contributed by atoms with Gasteiger partial charge in [0.1, 0.15) is 0 Å². The third-order valence-corrected chi connectivity index (χ3v) is 4.48. The molecule has 0 bridgehead atoms. The van der Waals surface area contributed by atoms with Crippen molar-refractivity contribution < 1.29 is 5.11 Å². The number of aliphatic hydroxyl groups is 1. The molecule has 5 nitrogen and oxygen atoms in total. The average molecular weight is 357 g/mol. The van der Waals surface area contributed by atoms with Crippen LogP contribution in [-0.2, 0) is 6.54 Å². The number of benzene rings is 1. The fraction of sp³-hybridized carbons (Fsp3) is 0.524. The zero-order valence-electron chi connectivity index (χ0n) is 16.3. The van der Waals surface area contributed by atoms with Gasteiger partial charge in [-0.25, -0.2) is 4.99 Å². The summed E-state index contributed by atoms with van der Waals surface area (Å²) in [6.07, 6.45) is 5.33. The topological polar surface area (TPSA) is 69.5 Å². The standard InChI is InChI=1S/C21H32N4O/c1-4-12-21(26,13-5-2)16-25-20(22-6-3)24-15-18-10-7-9-17-11-8-14-23-19(17)18/h7-11,14,26H,4-6,12-13,15-16H2,1-3H3,(H2,22,24,25). The molecular formula is C21H32N4O. The van der Waals surface area contributed by atoms with Gasteiger partial charge in [-0.2, -0.15) is 0 Å². The van der Waals surface area contributed by atoms with Crippen LogP contribution in [0, 0.1) is 0 Å². The molecule has 0 unspecified atom stereocenters. The van der Waals surface area contributed by atoms with Crippen LogP contribution < -0.4 is 10.6 Å². The minimum absolute atomic E-state index is 0.508. The van der Waals surface area contributed by atoms with E-state index in [0.29, 0.717) is 13.1 Å². The molecule has 0 aliphatic heterocycles. The van der Waals surface area contributed by atoms with Gasteiger partial charge in [0.05, 0.1) is 17.7 Å². The van der Waals surface area contributed by atoms with Crippen molar-refractivity contribution in [3.8, 4) is 0 Å². The van der Waals surface area contributed by atoms with E-state index < -0.39 is 5.60 Å². The number of hydrogen-bond acceptors (Lipinski definition) is 3. The van der Waals surface area contributed by atoms with Gasteiger partial charge >= 0.3 is 0 Å². The molecular weight excluding hydrogens is 324 g/mol. The van der Waals surface area contributed by atoms with Crippen molar-refractivity contribution in [2.24, 2.45) is 4.99 Å². The summed E-state index contributed by atoms with van der Waals surface area (Å²) in [5, 5.41) is 18.5. The van der Waals surface area contributed by atoms with Gasteiger partial charge in [0.2, 0.25) is 0 Å². The maximum Gasteiger partial charge on any atom is 0.191 e. The Kier molecular flexibility index (Phi) is 7.85. The summed E-state index contributed by atoms with van der Waals surface area (Å²) < 4.78 is 0. The molecule has 5 heteroatoms. The van der Waals surface area contributed by atoms with Crippen molar-refractivity contribution in [2.75, 3.05) is 13.1 Å². The van der Waals surface area contributed by atoms with E-state index in [-0.39, 0.29) is 0 Å². The lowest BCUT2D eigenvalue weighted by molar-refractivity contribution is 0.0257. The summed E-state index contributed by atoms with van der Waals surface area (Å²) in [5.41, 5.74) is 1.40. The fourth-order valence-electron chi connectivity index (χ4n) is 3.28. The van der Waals surface area contributed by atoms with Crippen LogP contribution in [0.4, 0.5) is 0 Å². The highest BCUT2D eigenvalue weighted by Gasteiger charge is 2.24. The molecule has 1 aromatic heterocycles. The number of fused-ring (bicyclic) bond motifs is 1. The largest absolute Gasteiger partial charge is 0.388 e. The Morgan fingerprint density at radius 2 is 1.81 bits per heavy atom. The summed E-state index contributed by atoms with van der Waals surface area (Å²) in [6, 6.07) is 10.2. The molecule has 0 fully saturated rings. The van der Waals surface area contributed by atoms with Crippen LogP contribution >= 0.6 is 0 Å². The van der Waals surface area contributed by atoms with E-state index in [1.165, 1.54) is 0 Å². The highest BCUT2D eigenvalue weighted by molar-refractivity contribution is 5.83.